The van der Waals surface area contributed by atoms with Gasteiger partial charge < -0.3 is 15.8 Å². The van der Waals surface area contributed by atoms with Crippen LogP contribution in [0.3, 0.4) is 0 Å². The van der Waals surface area contributed by atoms with Crippen LogP contribution in [-0.2, 0) is 4.79 Å². The van der Waals surface area contributed by atoms with Crippen molar-refractivity contribution < 1.29 is 14.5 Å². The Morgan fingerprint density at radius 1 is 1.52 bits per heavy atom. The van der Waals surface area contributed by atoms with Gasteiger partial charge in [-0.1, -0.05) is 13.8 Å². The summed E-state index contributed by atoms with van der Waals surface area (Å²) >= 11 is 0. The molecule has 140 valence electrons. The van der Waals surface area contributed by atoms with Crippen LogP contribution >= 0.6 is 12.4 Å². The highest BCUT2D eigenvalue weighted by molar-refractivity contribution is 5.94. The molecule has 0 aromatic heterocycles. The van der Waals surface area contributed by atoms with Crippen LogP contribution in [0, 0.1) is 15.5 Å². The molecule has 1 unspecified atom stereocenters. The van der Waals surface area contributed by atoms with Crippen molar-refractivity contribution in [3.8, 4) is 5.75 Å². The summed E-state index contributed by atoms with van der Waals surface area (Å²) in [6.07, 6.45) is 0.822. The van der Waals surface area contributed by atoms with Crippen molar-refractivity contribution in [2.24, 2.45) is 11.1 Å². The van der Waals surface area contributed by atoms with Gasteiger partial charge in [0.1, 0.15) is 11.4 Å². The lowest BCUT2D eigenvalue weighted by Gasteiger charge is -2.42. The van der Waals surface area contributed by atoms with Crippen molar-refractivity contribution in [2.45, 2.75) is 26.3 Å². The molecular formula is C16H25ClN4O4. The van der Waals surface area contributed by atoms with Crippen molar-refractivity contribution in [1.82, 2.24) is 4.90 Å². The molecule has 1 amide bonds. The van der Waals surface area contributed by atoms with Gasteiger partial charge >= 0.3 is 0 Å². The van der Waals surface area contributed by atoms with Crippen LogP contribution in [0.15, 0.2) is 18.2 Å². The smallest absolute Gasteiger partial charge is 0.296 e. The Labute approximate surface area is 153 Å². The maximum Gasteiger partial charge on any atom is 0.296 e. The normalized spacial score (nSPS) is 19.6. The highest BCUT2D eigenvalue weighted by Gasteiger charge is 2.34. The molecule has 1 aliphatic heterocycles. The van der Waals surface area contributed by atoms with Crippen molar-refractivity contribution in [1.29, 1.82) is 0 Å². The van der Waals surface area contributed by atoms with E-state index in [0.29, 0.717) is 12.3 Å². The molecule has 8 nitrogen and oxygen atoms in total. The van der Waals surface area contributed by atoms with Gasteiger partial charge in [0.05, 0.1) is 24.6 Å². The number of carbonyl (C=O) groups excluding carboxylic acids is 1. The highest BCUT2D eigenvalue weighted by Crippen LogP contribution is 2.30. The van der Waals surface area contributed by atoms with Crippen LogP contribution in [0.4, 0.5) is 11.4 Å². The zero-order valence-electron chi connectivity index (χ0n) is 14.7. The molecule has 0 radical (unpaired) electrons. The molecule has 2 rings (SSSR count). The van der Waals surface area contributed by atoms with Gasteiger partial charge in [0.2, 0.25) is 5.91 Å². The molecule has 1 atom stereocenters. The number of likely N-dealkylation sites (tertiary alicyclic amines) is 1. The van der Waals surface area contributed by atoms with Crippen molar-refractivity contribution in [3.63, 3.8) is 0 Å². The summed E-state index contributed by atoms with van der Waals surface area (Å²) in [5.74, 6) is 0.0843. The summed E-state index contributed by atoms with van der Waals surface area (Å²) in [5.41, 5.74) is 6.01. The predicted octanol–water partition coefficient (Wildman–Crippen LogP) is 2.02. The van der Waals surface area contributed by atoms with E-state index < -0.39 is 4.92 Å². The fourth-order valence-electron chi connectivity index (χ4n) is 2.91. The first-order chi connectivity index (χ1) is 11.2. The van der Waals surface area contributed by atoms with Crippen LogP contribution in [-0.4, -0.2) is 48.5 Å². The van der Waals surface area contributed by atoms with E-state index in [-0.39, 0.29) is 47.7 Å². The SMILES string of the molecule is COc1ccc(NC(=O)CN2CCC(N)C(C)(C)C2)c([N+](=O)[O-])c1.Cl. The number of methoxy groups -OCH3 is 1. The van der Waals surface area contributed by atoms with Gasteiger partial charge in [0, 0.05) is 19.1 Å². The van der Waals surface area contributed by atoms with Crippen molar-refractivity contribution in [2.75, 3.05) is 32.1 Å². The number of amides is 1. The topological polar surface area (TPSA) is 111 Å². The Bertz CT molecular complexity index is 639. The number of carbonyl (C=O) groups is 1. The lowest BCUT2D eigenvalue weighted by atomic mass is 9.80. The average molecular weight is 373 g/mol. The van der Waals surface area contributed by atoms with E-state index >= 15 is 0 Å². The molecule has 1 saturated heterocycles. The lowest BCUT2D eigenvalue weighted by Crippen LogP contribution is -2.53. The molecular weight excluding hydrogens is 348 g/mol. The van der Waals surface area contributed by atoms with E-state index in [4.69, 9.17) is 10.5 Å². The van der Waals surface area contributed by atoms with Gasteiger partial charge in [-0.25, -0.2) is 0 Å². The number of hydrogen-bond acceptors (Lipinski definition) is 6. The zero-order valence-corrected chi connectivity index (χ0v) is 15.5. The molecule has 1 aliphatic rings. The molecule has 3 N–H and O–H groups in total. The van der Waals surface area contributed by atoms with Crippen LogP contribution in [0.2, 0.25) is 0 Å². The predicted molar refractivity (Wildman–Crippen MR) is 98.3 cm³/mol. The summed E-state index contributed by atoms with van der Waals surface area (Å²) in [5, 5.41) is 13.8. The number of nitro groups is 1. The molecule has 0 saturated carbocycles. The molecule has 1 aromatic rings. The first-order valence-electron chi connectivity index (χ1n) is 7.83. The molecule has 9 heteroatoms. The van der Waals surface area contributed by atoms with E-state index in [1.54, 1.807) is 6.07 Å². The fourth-order valence-corrected chi connectivity index (χ4v) is 2.91. The number of benzene rings is 1. The Hall–Kier alpha value is -1.90. The third-order valence-electron chi connectivity index (χ3n) is 4.43. The van der Waals surface area contributed by atoms with Crippen LogP contribution < -0.4 is 15.8 Å². The largest absolute Gasteiger partial charge is 0.496 e. The second-order valence-electron chi connectivity index (χ2n) is 6.78. The number of ether oxygens (including phenoxy) is 1. The first kappa shape index (κ1) is 21.1. The average Bonchev–Trinajstić information content (AvgIpc) is 2.50. The van der Waals surface area contributed by atoms with E-state index in [0.717, 1.165) is 13.0 Å². The Morgan fingerprint density at radius 3 is 2.76 bits per heavy atom. The Kier molecular flexibility index (Phi) is 7.16. The number of piperidine rings is 1. The van der Waals surface area contributed by atoms with E-state index in [2.05, 4.69) is 19.2 Å². The minimum Gasteiger partial charge on any atom is -0.496 e. The van der Waals surface area contributed by atoms with Crippen molar-refractivity contribution in [3.05, 3.63) is 28.3 Å². The summed E-state index contributed by atoms with van der Waals surface area (Å²) in [7, 11) is 1.43. The van der Waals surface area contributed by atoms with E-state index in [1.807, 2.05) is 4.90 Å². The van der Waals surface area contributed by atoms with Gasteiger partial charge in [-0.2, -0.15) is 0 Å². The van der Waals surface area contributed by atoms with Gasteiger partial charge in [-0.3, -0.25) is 19.8 Å². The lowest BCUT2D eigenvalue weighted by molar-refractivity contribution is -0.384. The van der Waals surface area contributed by atoms with Gasteiger partial charge in [0.25, 0.3) is 5.69 Å². The van der Waals surface area contributed by atoms with E-state index in [9.17, 15) is 14.9 Å². The highest BCUT2D eigenvalue weighted by atomic mass is 35.5. The monoisotopic (exact) mass is 372 g/mol. The number of rotatable bonds is 5. The number of nitrogens with two attached hydrogens (primary N) is 1. The standard InChI is InChI=1S/C16H24N4O4.ClH/c1-16(2)10-19(7-6-14(16)17)9-15(21)18-12-5-4-11(24-3)8-13(12)20(22)23;/h4-5,8,14H,6-7,9-10,17H2,1-3H3,(H,18,21);1H. The van der Waals surface area contributed by atoms with Gasteiger partial charge in [0.15, 0.2) is 0 Å². The summed E-state index contributed by atoms with van der Waals surface area (Å²) in [4.78, 5) is 24.9. The Balaban J connectivity index is 0.00000312. The molecule has 0 aliphatic carbocycles. The molecule has 0 bridgehead atoms. The maximum absolute atomic E-state index is 12.3. The number of anilines is 1. The van der Waals surface area contributed by atoms with Crippen molar-refractivity contribution >= 4 is 29.7 Å². The van der Waals surface area contributed by atoms with Crippen LogP contribution in [0.25, 0.3) is 0 Å². The van der Waals surface area contributed by atoms with Gasteiger partial charge in [-0.05, 0) is 24.0 Å². The zero-order chi connectivity index (χ0) is 17.9. The quantitative estimate of drug-likeness (QED) is 0.604. The van der Waals surface area contributed by atoms with Crippen LogP contribution in [0.5, 0.6) is 5.75 Å². The van der Waals surface area contributed by atoms with Gasteiger partial charge in [-0.15, -0.1) is 12.4 Å². The second kappa shape index (κ2) is 8.46. The summed E-state index contributed by atoms with van der Waals surface area (Å²) in [6, 6.07) is 4.45. The minimum atomic E-state index is -0.541. The number of nitrogens with one attached hydrogen (secondary N) is 1. The maximum atomic E-state index is 12.3. The molecule has 1 aromatic carbocycles. The third kappa shape index (κ3) is 5.29. The number of hydrogen-bond donors (Lipinski definition) is 2. The number of nitro benzene ring substituents is 1. The fraction of sp³-hybridized carbons (Fsp3) is 0.562. The molecule has 25 heavy (non-hydrogen) atoms. The van der Waals surface area contributed by atoms with E-state index in [1.165, 1.54) is 19.2 Å². The Morgan fingerprint density at radius 2 is 2.20 bits per heavy atom. The molecule has 1 fully saturated rings. The van der Waals surface area contributed by atoms with Crippen LogP contribution in [0.1, 0.15) is 20.3 Å². The second-order valence-corrected chi connectivity index (χ2v) is 6.78. The summed E-state index contributed by atoms with van der Waals surface area (Å²) < 4.78 is 4.98. The molecule has 1 heterocycles. The third-order valence-corrected chi connectivity index (χ3v) is 4.43. The minimum absolute atomic E-state index is 0. The number of halogens is 1. The molecule has 0 spiro atoms. The summed E-state index contributed by atoms with van der Waals surface area (Å²) in [6.45, 7) is 5.79. The number of nitrogens with zero attached hydrogens (tertiary/aromatic N) is 2. The first-order valence-corrected chi connectivity index (χ1v) is 7.83.